The van der Waals surface area contributed by atoms with Crippen LogP contribution in [0.1, 0.15) is 0 Å². The molecule has 0 saturated heterocycles. The summed E-state index contributed by atoms with van der Waals surface area (Å²) in [7, 11) is 0. The van der Waals surface area contributed by atoms with Gasteiger partial charge in [0.1, 0.15) is 0 Å². The lowest BCUT2D eigenvalue weighted by atomic mass is 9.97. The third kappa shape index (κ3) is 7.50. The number of nitrogens with zero attached hydrogens (tertiary/aromatic N) is 7. The Kier molecular flexibility index (Phi) is 10.4. The van der Waals surface area contributed by atoms with Gasteiger partial charge in [-0.2, -0.15) is 0 Å². The van der Waals surface area contributed by atoms with Gasteiger partial charge in [-0.3, -0.25) is 0 Å². The van der Waals surface area contributed by atoms with Crippen molar-refractivity contribution < 1.29 is 0 Å². The molecule has 7 heteroatoms. The number of hydrogen-bond donors (Lipinski definition) is 0. The first-order valence-electron chi connectivity index (χ1n) is 24.8. The molecule has 14 rings (SSSR count). The SMILES string of the molecule is c1ccc(-c2cc(-c3ccc(-n4c5ccccc5c5cc(-c6nc(-c7ccccc7)nc(-c7ccccc7)n6)ccc54)c(-c4cccc(-n5c6ccccc6c6ccccc65)c4)c3)nc(-c3ccccc3)n2)cc1. The number of para-hydroxylation sites is 3. The summed E-state index contributed by atoms with van der Waals surface area (Å²) >= 11 is 0. The Morgan fingerprint density at radius 3 is 1.22 bits per heavy atom. The zero-order valence-corrected chi connectivity index (χ0v) is 40.0. The molecule has 0 N–H and O–H groups in total. The molecule has 0 unspecified atom stereocenters. The van der Waals surface area contributed by atoms with Crippen LogP contribution in [0.25, 0.3) is 134 Å². The number of rotatable bonds is 9. The topological polar surface area (TPSA) is 74.3 Å². The van der Waals surface area contributed by atoms with Crippen LogP contribution in [0.15, 0.2) is 261 Å². The molecule has 346 valence electrons. The van der Waals surface area contributed by atoms with Gasteiger partial charge >= 0.3 is 0 Å². The highest BCUT2D eigenvalue weighted by Crippen LogP contribution is 2.41. The van der Waals surface area contributed by atoms with Gasteiger partial charge in [0.15, 0.2) is 23.3 Å². The van der Waals surface area contributed by atoms with Crippen LogP contribution in [0.4, 0.5) is 0 Å². The van der Waals surface area contributed by atoms with Gasteiger partial charge in [-0.15, -0.1) is 0 Å². The maximum Gasteiger partial charge on any atom is 0.164 e. The molecule has 74 heavy (non-hydrogen) atoms. The summed E-state index contributed by atoms with van der Waals surface area (Å²) in [5.41, 5.74) is 16.1. The van der Waals surface area contributed by atoms with Crippen molar-refractivity contribution in [3.05, 3.63) is 261 Å². The molecule has 14 aromatic rings. The Morgan fingerprint density at radius 1 is 0.230 bits per heavy atom. The third-order valence-electron chi connectivity index (χ3n) is 14.0. The van der Waals surface area contributed by atoms with Crippen molar-refractivity contribution in [2.45, 2.75) is 0 Å². The van der Waals surface area contributed by atoms with Gasteiger partial charge in [0.05, 0.1) is 39.1 Å². The normalized spacial score (nSPS) is 11.5. The van der Waals surface area contributed by atoms with Crippen LogP contribution in [0.2, 0.25) is 0 Å². The second kappa shape index (κ2) is 17.9. The summed E-state index contributed by atoms with van der Waals surface area (Å²) in [5, 5.41) is 4.65. The van der Waals surface area contributed by atoms with Crippen molar-refractivity contribution >= 4 is 43.6 Å². The van der Waals surface area contributed by atoms with E-state index in [9.17, 15) is 0 Å². The summed E-state index contributed by atoms with van der Waals surface area (Å²) in [6.45, 7) is 0. The number of fused-ring (bicyclic) bond motifs is 6. The quantitative estimate of drug-likeness (QED) is 0.144. The fourth-order valence-corrected chi connectivity index (χ4v) is 10.5. The molecular formula is C67H43N7. The van der Waals surface area contributed by atoms with Gasteiger partial charge < -0.3 is 9.13 Å². The average molecular weight is 946 g/mol. The molecule has 0 spiro atoms. The highest BCUT2D eigenvalue weighted by molar-refractivity contribution is 6.11. The predicted molar refractivity (Wildman–Crippen MR) is 302 cm³/mol. The van der Waals surface area contributed by atoms with Crippen LogP contribution in [-0.4, -0.2) is 34.1 Å². The smallest absolute Gasteiger partial charge is 0.164 e. The summed E-state index contributed by atoms with van der Waals surface area (Å²) in [4.78, 5) is 25.7. The van der Waals surface area contributed by atoms with Gasteiger partial charge in [-0.05, 0) is 72.3 Å². The molecule has 0 fully saturated rings. The fraction of sp³-hybridized carbons (Fsp3) is 0. The minimum Gasteiger partial charge on any atom is -0.309 e. The second-order valence-electron chi connectivity index (χ2n) is 18.5. The number of hydrogen-bond acceptors (Lipinski definition) is 5. The Balaban J connectivity index is 0.993. The molecule has 10 aromatic carbocycles. The molecule has 0 saturated carbocycles. The molecule has 0 atom stereocenters. The van der Waals surface area contributed by atoms with Gasteiger partial charge in [0.2, 0.25) is 0 Å². The van der Waals surface area contributed by atoms with E-state index in [1.165, 1.54) is 10.8 Å². The van der Waals surface area contributed by atoms with E-state index in [1.807, 2.05) is 84.9 Å². The van der Waals surface area contributed by atoms with Crippen molar-refractivity contribution in [3.8, 4) is 90.6 Å². The standard InChI is InChI=1S/C67H43N7/c1-5-20-44(21-6-1)57-43-58(69-64(68-57)45-22-7-2-8-23-45)49-36-38-62(55(41-49)48-28-19-29-51(40-48)73-59-33-16-13-30-52(59)53-31-14-17-34-60(53)73)74-61-35-18-15-32-54(61)56-42-50(37-39-63(56)74)67-71-65(46-24-9-3-10-25-46)70-66(72-67)47-26-11-4-12-27-47/h1-43H. The first-order valence-corrected chi connectivity index (χ1v) is 24.8. The van der Waals surface area contributed by atoms with Crippen LogP contribution < -0.4 is 0 Å². The van der Waals surface area contributed by atoms with Crippen LogP contribution in [-0.2, 0) is 0 Å². The highest BCUT2D eigenvalue weighted by atomic mass is 15.0. The van der Waals surface area contributed by atoms with Crippen molar-refractivity contribution in [2.75, 3.05) is 0 Å². The van der Waals surface area contributed by atoms with E-state index in [0.717, 1.165) is 100 Å². The van der Waals surface area contributed by atoms with Gasteiger partial charge in [-0.25, -0.2) is 24.9 Å². The lowest BCUT2D eigenvalue weighted by molar-refractivity contribution is 1.07. The zero-order valence-electron chi connectivity index (χ0n) is 40.0. The van der Waals surface area contributed by atoms with Crippen molar-refractivity contribution in [1.29, 1.82) is 0 Å². The number of aromatic nitrogens is 7. The largest absolute Gasteiger partial charge is 0.309 e. The molecule has 0 aliphatic heterocycles. The maximum absolute atomic E-state index is 5.30. The van der Waals surface area contributed by atoms with Crippen molar-refractivity contribution in [1.82, 2.24) is 34.1 Å². The molecule has 0 amide bonds. The van der Waals surface area contributed by atoms with E-state index < -0.39 is 0 Å². The minimum absolute atomic E-state index is 0.609. The van der Waals surface area contributed by atoms with Crippen LogP contribution in [0.3, 0.4) is 0 Å². The Labute approximate surface area is 427 Å². The Bertz CT molecular complexity index is 4240. The van der Waals surface area contributed by atoms with Gasteiger partial charge in [-0.1, -0.05) is 194 Å². The zero-order chi connectivity index (χ0) is 49.0. The lowest BCUT2D eigenvalue weighted by Gasteiger charge is -2.18. The highest BCUT2D eigenvalue weighted by Gasteiger charge is 2.21. The summed E-state index contributed by atoms with van der Waals surface area (Å²) in [5.74, 6) is 2.53. The van der Waals surface area contributed by atoms with E-state index in [4.69, 9.17) is 24.9 Å². The fourth-order valence-electron chi connectivity index (χ4n) is 10.5. The molecule has 7 nitrogen and oxygen atoms in total. The summed E-state index contributed by atoms with van der Waals surface area (Å²) in [6, 6.07) is 91.3. The number of benzene rings is 10. The predicted octanol–water partition coefficient (Wildman–Crippen LogP) is 16.5. The first-order chi connectivity index (χ1) is 36.7. The van der Waals surface area contributed by atoms with E-state index in [-0.39, 0.29) is 0 Å². The molecule has 4 aromatic heterocycles. The minimum atomic E-state index is 0.609. The molecular weight excluding hydrogens is 903 g/mol. The van der Waals surface area contributed by atoms with Crippen LogP contribution in [0.5, 0.6) is 0 Å². The van der Waals surface area contributed by atoms with E-state index in [2.05, 4.69) is 185 Å². The Morgan fingerprint density at radius 2 is 0.649 bits per heavy atom. The van der Waals surface area contributed by atoms with Crippen LogP contribution >= 0.6 is 0 Å². The Hall–Kier alpha value is -10.1. The second-order valence-corrected chi connectivity index (χ2v) is 18.5. The monoisotopic (exact) mass is 945 g/mol. The molecule has 0 aliphatic rings. The van der Waals surface area contributed by atoms with Gasteiger partial charge in [0, 0.05) is 66.2 Å². The van der Waals surface area contributed by atoms with Crippen molar-refractivity contribution in [3.63, 3.8) is 0 Å². The first kappa shape index (κ1) is 42.7. The molecule has 0 aliphatic carbocycles. The molecule has 4 heterocycles. The summed E-state index contributed by atoms with van der Waals surface area (Å²) < 4.78 is 4.79. The molecule has 0 radical (unpaired) electrons. The third-order valence-corrected chi connectivity index (χ3v) is 14.0. The van der Waals surface area contributed by atoms with Crippen LogP contribution in [0, 0.1) is 0 Å². The lowest BCUT2D eigenvalue weighted by Crippen LogP contribution is -2.01. The van der Waals surface area contributed by atoms with E-state index >= 15 is 0 Å². The van der Waals surface area contributed by atoms with Crippen molar-refractivity contribution in [2.24, 2.45) is 0 Å². The maximum atomic E-state index is 5.30. The molecule has 0 bridgehead atoms. The summed E-state index contributed by atoms with van der Waals surface area (Å²) in [6.07, 6.45) is 0. The van der Waals surface area contributed by atoms with E-state index in [0.29, 0.717) is 23.3 Å². The van der Waals surface area contributed by atoms with E-state index in [1.54, 1.807) is 0 Å². The average Bonchev–Trinajstić information content (AvgIpc) is 4.02. The van der Waals surface area contributed by atoms with Gasteiger partial charge in [0.25, 0.3) is 0 Å².